The van der Waals surface area contributed by atoms with E-state index in [1.54, 1.807) is 22.2 Å². The molecule has 2 aromatic rings. The van der Waals surface area contributed by atoms with E-state index in [4.69, 9.17) is 0 Å². The Morgan fingerprint density at radius 1 is 1.47 bits per heavy atom. The van der Waals surface area contributed by atoms with Crippen molar-refractivity contribution in [1.82, 2.24) is 20.0 Å². The highest BCUT2D eigenvalue weighted by molar-refractivity contribution is 7.18. The second-order valence-corrected chi connectivity index (χ2v) is 4.16. The summed E-state index contributed by atoms with van der Waals surface area (Å²) in [6.07, 6.45) is 2.84. The number of nitrogens with zero attached hydrogens (tertiary/aromatic N) is 4. The first kappa shape index (κ1) is 10.1. The summed E-state index contributed by atoms with van der Waals surface area (Å²) in [5, 5.41) is 17.3. The number of hydrogen-bond donors (Lipinski definition) is 1. The van der Waals surface area contributed by atoms with Gasteiger partial charge in [0.25, 0.3) is 0 Å². The Hall–Kier alpha value is -1.43. The van der Waals surface area contributed by atoms with Crippen LogP contribution < -0.4 is 5.32 Å². The van der Waals surface area contributed by atoms with Gasteiger partial charge in [0.2, 0.25) is 5.13 Å². The Kier molecular flexibility index (Phi) is 2.96. The Balaban J connectivity index is 2.17. The maximum atomic E-state index is 4.12. The van der Waals surface area contributed by atoms with Crippen molar-refractivity contribution < 1.29 is 0 Å². The molecule has 1 N–H and O–H groups in total. The largest absolute Gasteiger partial charge is 0.360 e. The van der Waals surface area contributed by atoms with Crippen molar-refractivity contribution in [2.24, 2.45) is 7.05 Å². The zero-order valence-electron chi connectivity index (χ0n) is 8.77. The summed E-state index contributed by atoms with van der Waals surface area (Å²) in [6, 6.07) is 1.93. The average molecular weight is 223 g/mol. The van der Waals surface area contributed by atoms with E-state index in [2.05, 4.69) is 27.5 Å². The number of aryl methyl sites for hydroxylation is 1. The molecule has 0 saturated carbocycles. The lowest BCUT2D eigenvalue weighted by Crippen LogP contribution is -1.98. The molecule has 15 heavy (non-hydrogen) atoms. The van der Waals surface area contributed by atoms with Crippen LogP contribution in [0.25, 0.3) is 10.7 Å². The second-order valence-electron chi connectivity index (χ2n) is 3.18. The van der Waals surface area contributed by atoms with E-state index in [1.807, 2.05) is 13.1 Å². The number of aromatic nitrogens is 4. The smallest absolute Gasteiger partial charge is 0.206 e. The predicted molar refractivity (Wildman–Crippen MR) is 60.9 cm³/mol. The van der Waals surface area contributed by atoms with Crippen LogP contribution in [0.2, 0.25) is 0 Å². The van der Waals surface area contributed by atoms with Gasteiger partial charge in [-0.15, -0.1) is 10.2 Å². The standard InChI is InChI=1S/C9H13N5S/c1-3-5-10-9-13-12-8(15-9)7-4-6-11-14(7)2/h4,6H,3,5H2,1-2H3,(H,10,13). The molecule has 2 aromatic heterocycles. The van der Waals surface area contributed by atoms with E-state index in [1.165, 1.54) is 0 Å². The average Bonchev–Trinajstić information content (AvgIpc) is 2.83. The summed E-state index contributed by atoms with van der Waals surface area (Å²) in [4.78, 5) is 0. The Labute approximate surface area is 92.2 Å². The quantitative estimate of drug-likeness (QED) is 0.858. The van der Waals surface area contributed by atoms with Gasteiger partial charge in [-0.05, 0) is 12.5 Å². The Bertz CT molecular complexity index is 433. The molecule has 0 radical (unpaired) electrons. The number of hydrogen-bond acceptors (Lipinski definition) is 5. The van der Waals surface area contributed by atoms with Crippen LogP contribution in [0, 0.1) is 0 Å². The van der Waals surface area contributed by atoms with Crippen molar-refractivity contribution in [3.8, 4) is 10.7 Å². The predicted octanol–water partition coefficient (Wildman–Crippen LogP) is 1.76. The third kappa shape index (κ3) is 2.15. The van der Waals surface area contributed by atoms with Crippen molar-refractivity contribution >= 4 is 16.5 Å². The lowest BCUT2D eigenvalue weighted by atomic mass is 10.4. The number of rotatable bonds is 4. The first-order valence-corrected chi connectivity index (χ1v) is 5.68. The highest BCUT2D eigenvalue weighted by Crippen LogP contribution is 2.25. The monoisotopic (exact) mass is 223 g/mol. The Morgan fingerprint density at radius 3 is 3.00 bits per heavy atom. The summed E-state index contributed by atoms with van der Waals surface area (Å²) in [5.74, 6) is 0. The van der Waals surface area contributed by atoms with Gasteiger partial charge in [-0.25, -0.2) is 0 Å². The summed E-state index contributed by atoms with van der Waals surface area (Å²) in [6.45, 7) is 3.05. The van der Waals surface area contributed by atoms with Gasteiger partial charge in [0.15, 0.2) is 5.01 Å². The highest BCUT2D eigenvalue weighted by Gasteiger charge is 2.08. The van der Waals surface area contributed by atoms with Crippen LogP contribution in [-0.2, 0) is 7.05 Å². The molecule has 0 unspecified atom stereocenters. The Morgan fingerprint density at radius 2 is 2.33 bits per heavy atom. The summed E-state index contributed by atoms with van der Waals surface area (Å²) < 4.78 is 1.80. The first-order chi connectivity index (χ1) is 7.31. The number of nitrogens with one attached hydrogen (secondary N) is 1. The molecule has 2 rings (SSSR count). The third-order valence-electron chi connectivity index (χ3n) is 1.99. The topological polar surface area (TPSA) is 55.6 Å². The van der Waals surface area contributed by atoms with E-state index in [0.717, 1.165) is 28.8 Å². The molecule has 6 heteroatoms. The zero-order valence-corrected chi connectivity index (χ0v) is 9.58. The zero-order chi connectivity index (χ0) is 10.7. The lowest BCUT2D eigenvalue weighted by molar-refractivity contribution is 0.774. The molecular weight excluding hydrogens is 210 g/mol. The van der Waals surface area contributed by atoms with Gasteiger partial charge < -0.3 is 5.32 Å². The molecule has 0 aliphatic heterocycles. The molecular formula is C9H13N5S. The fourth-order valence-corrected chi connectivity index (χ4v) is 2.04. The number of anilines is 1. The van der Waals surface area contributed by atoms with Crippen LogP contribution in [0.4, 0.5) is 5.13 Å². The van der Waals surface area contributed by atoms with Gasteiger partial charge in [-0.2, -0.15) is 5.10 Å². The first-order valence-electron chi connectivity index (χ1n) is 4.87. The summed E-state index contributed by atoms with van der Waals surface area (Å²) in [7, 11) is 1.90. The molecule has 2 heterocycles. The van der Waals surface area contributed by atoms with Gasteiger partial charge in [0.1, 0.15) is 0 Å². The molecule has 0 fully saturated rings. The van der Waals surface area contributed by atoms with E-state index in [0.29, 0.717) is 0 Å². The minimum atomic E-state index is 0.869. The van der Waals surface area contributed by atoms with E-state index in [-0.39, 0.29) is 0 Å². The summed E-state index contributed by atoms with van der Waals surface area (Å²) in [5.41, 5.74) is 0.997. The minimum absolute atomic E-state index is 0.869. The van der Waals surface area contributed by atoms with E-state index < -0.39 is 0 Å². The normalized spacial score (nSPS) is 10.5. The molecule has 0 saturated heterocycles. The molecule has 0 amide bonds. The third-order valence-corrected chi connectivity index (χ3v) is 2.89. The van der Waals surface area contributed by atoms with Crippen molar-refractivity contribution in [3.63, 3.8) is 0 Å². The van der Waals surface area contributed by atoms with Crippen molar-refractivity contribution in [2.75, 3.05) is 11.9 Å². The van der Waals surface area contributed by atoms with Gasteiger partial charge >= 0.3 is 0 Å². The highest BCUT2D eigenvalue weighted by atomic mass is 32.1. The van der Waals surface area contributed by atoms with Crippen molar-refractivity contribution in [2.45, 2.75) is 13.3 Å². The molecule has 0 aromatic carbocycles. The maximum Gasteiger partial charge on any atom is 0.206 e. The van der Waals surface area contributed by atoms with E-state index >= 15 is 0 Å². The van der Waals surface area contributed by atoms with Gasteiger partial charge in [0.05, 0.1) is 5.69 Å². The van der Waals surface area contributed by atoms with Gasteiger partial charge in [0, 0.05) is 19.8 Å². The minimum Gasteiger partial charge on any atom is -0.360 e. The molecule has 0 atom stereocenters. The molecule has 0 bridgehead atoms. The summed E-state index contributed by atoms with van der Waals surface area (Å²) >= 11 is 1.55. The SMILES string of the molecule is CCCNc1nnc(-c2ccnn2C)s1. The van der Waals surface area contributed by atoms with Crippen LogP contribution in [0.5, 0.6) is 0 Å². The molecule has 80 valence electrons. The van der Waals surface area contributed by atoms with Crippen LogP contribution in [0.15, 0.2) is 12.3 Å². The lowest BCUT2D eigenvalue weighted by Gasteiger charge is -1.96. The van der Waals surface area contributed by atoms with E-state index in [9.17, 15) is 0 Å². The molecule has 0 aliphatic carbocycles. The maximum absolute atomic E-state index is 4.12. The molecule has 0 spiro atoms. The fraction of sp³-hybridized carbons (Fsp3) is 0.444. The van der Waals surface area contributed by atoms with Crippen LogP contribution in [0.3, 0.4) is 0 Å². The van der Waals surface area contributed by atoms with Crippen molar-refractivity contribution in [3.05, 3.63) is 12.3 Å². The van der Waals surface area contributed by atoms with Crippen LogP contribution >= 0.6 is 11.3 Å². The van der Waals surface area contributed by atoms with Crippen LogP contribution in [-0.4, -0.2) is 26.5 Å². The second kappa shape index (κ2) is 4.39. The fourth-order valence-electron chi connectivity index (χ4n) is 1.21. The van der Waals surface area contributed by atoms with Gasteiger partial charge in [-0.1, -0.05) is 18.3 Å². The molecule has 0 aliphatic rings. The van der Waals surface area contributed by atoms with Crippen molar-refractivity contribution in [1.29, 1.82) is 0 Å². The van der Waals surface area contributed by atoms with Gasteiger partial charge in [-0.3, -0.25) is 4.68 Å². The van der Waals surface area contributed by atoms with Crippen LogP contribution in [0.1, 0.15) is 13.3 Å². The molecule has 5 nitrogen and oxygen atoms in total.